The van der Waals surface area contributed by atoms with Crippen molar-refractivity contribution in [3.05, 3.63) is 35.7 Å². The predicted octanol–water partition coefficient (Wildman–Crippen LogP) is 2.22. The highest BCUT2D eigenvalue weighted by atomic mass is 16.2. The largest absolute Gasteiger partial charge is 0.310 e. The Morgan fingerprint density at radius 3 is 3.00 bits per heavy atom. The zero-order valence-corrected chi connectivity index (χ0v) is 13.6. The minimum absolute atomic E-state index is 0.0499. The number of aryl methyl sites for hydroxylation is 1. The summed E-state index contributed by atoms with van der Waals surface area (Å²) in [5.41, 5.74) is 5.41. The number of H-pyrrole nitrogens is 1. The standard InChI is InChI=1S/C18H19N5O/c1-12-15(10-20-21-12)13-4-2-5-16-14(13)7-9-23(16)18(24)17-6-3-8-22(17)11-19/h2,4-5,10,17H,3,6-9H2,1H3,(H,20,21)/t17-/m0/s1. The molecule has 1 saturated heterocycles. The molecule has 6 nitrogen and oxygen atoms in total. The first-order chi connectivity index (χ1) is 11.7. The molecule has 122 valence electrons. The monoisotopic (exact) mass is 321 g/mol. The number of nitrogens with one attached hydrogen (secondary N) is 1. The van der Waals surface area contributed by atoms with Gasteiger partial charge in [-0.3, -0.25) is 14.8 Å². The number of amides is 1. The number of carbonyl (C=O) groups excluding carboxylic acids is 1. The lowest BCUT2D eigenvalue weighted by atomic mass is 9.98. The van der Waals surface area contributed by atoms with Crippen LogP contribution in [0.4, 0.5) is 5.69 Å². The Kier molecular flexibility index (Phi) is 3.49. The average Bonchev–Trinajstić information content (AvgIpc) is 3.32. The zero-order chi connectivity index (χ0) is 16.7. The van der Waals surface area contributed by atoms with Crippen LogP contribution in [0, 0.1) is 18.4 Å². The van der Waals surface area contributed by atoms with Gasteiger partial charge in [0.15, 0.2) is 6.19 Å². The first-order valence-electron chi connectivity index (χ1n) is 8.30. The van der Waals surface area contributed by atoms with E-state index in [-0.39, 0.29) is 11.9 Å². The summed E-state index contributed by atoms with van der Waals surface area (Å²) in [5.74, 6) is 0.0499. The number of aromatic amines is 1. The van der Waals surface area contributed by atoms with Gasteiger partial charge >= 0.3 is 0 Å². The summed E-state index contributed by atoms with van der Waals surface area (Å²) in [6, 6.07) is 5.77. The minimum atomic E-state index is -0.305. The topological polar surface area (TPSA) is 76.0 Å². The maximum atomic E-state index is 13.0. The van der Waals surface area contributed by atoms with Crippen LogP contribution in [-0.2, 0) is 11.2 Å². The van der Waals surface area contributed by atoms with Crippen molar-refractivity contribution >= 4 is 11.6 Å². The highest BCUT2D eigenvalue weighted by Gasteiger charge is 2.36. The summed E-state index contributed by atoms with van der Waals surface area (Å²) in [5, 5.41) is 16.3. The van der Waals surface area contributed by atoms with Gasteiger partial charge in [-0.1, -0.05) is 12.1 Å². The van der Waals surface area contributed by atoms with Gasteiger partial charge in [0.25, 0.3) is 0 Å². The summed E-state index contributed by atoms with van der Waals surface area (Å²) < 4.78 is 0. The molecule has 24 heavy (non-hydrogen) atoms. The van der Waals surface area contributed by atoms with Crippen LogP contribution >= 0.6 is 0 Å². The van der Waals surface area contributed by atoms with E-state index in [9.17, 15) is 10.1 Å². The van der Waals surface area contributed by atoms with Crippen molar-refractivity contribution in [3.63, 3.8) is 0 Å². The second-order valence-corrected chi connectivity index (χ2v) is 6.40. The van der Waals surface area contributed by atoms with Crippen molar-refractivity contribution < 1.29 is 4.79 Å². The fourth-order valence-corrected chi connectivity index (χ4v) is 3.86. The van der Waals surface area contributed by atoms with Crippen LogP contribution < -0.4 is 4.90 Å². The number of hydrogen-bond acceptors (Lipinski definition) is 4. The molecule has 1 aromatic heterocycles. The fraction of sp³-hybridized carbons (Fsp3) is 0.389. The molecule has 1 aromatic carbocycles. The van der Waals surface area contributed by atoms with Crippen LogP contribution in [0.3, 0.4) is 0 Å². The number of nitrogens with zero attached hydrogens (tertiary/aromatic N) is 4. The molecule has 0 bridgehead atoms. The van der Waals surface area contributed by atoms with E-state index in [4.69, 9.17) is 0 Å². The number of nitriles is 1. The summed E-state index contributed by atoms with van der Waals surface area (Å²) in [6.45, 7) is 3.36. The van der Waals surface area contributed by atoms with Crippen LogP contribution in [0.2, 0.25) is 0 Å². The molecule has 2 aromatic rings. The number of carbonyl (C=O) groups is 1. The van der Waals surface area contributed by atoms with Crippen molar-refractivity contribution in [2.24, 2.45) is 0 Å². The second kappa shape index (κ2) is 5.68. The molecule has 1 amide bonds. The van der Waals surface area contributed by atoms with Crippen molar-refractivity contribution in [1.82, 2.24) is 15.1 Å². The highest BCUT2D eigenvalue weighted by Crippen LogP contribution is 2.37. The molecule has 6 heteroatoms. The first kappa shape index (κ1) is 14.8. The van der Waals surface area contributed by atoms with Gasteiger partial charge in [0, 0.05) is 30.0 Å². The number of fused-ring (bicyclic) bond motifs is 1. The summed E-state index contributed by atoms with van der Waals surface area (Å²) in [6.07, 6.45) is 6.49. The molecule has 3 heterocycles. The quantitative estimate of drug-likeness (QED) is 0.861. The molecular weight excluding hydrogens is 302 g/mol. The third-order valence-electron chi connectivity index (χ3n) is 5.08. The van der Waals surface area contributed by atoms with Gasteiger partial charge in [-0.05, 0) is 43.4 Å². The van der Waals surface area contributed by atoms with Crippen molar-refractivity contribution in [2.75, 3.05) is 18.0 Å². The van der Waals surface area contributed by atoms with Crippen LogP contribution in [-0.4, -0.2) is 40.1 Å². The Balaban J connectivity index is 1.69. The van der Waals surface area contributed by atoms with E-state index < -0.39 is 0 Å². The number of aromatic nitrogens is 2. The van der Waals surface area contributed by atoms with Crippen LogP contribution in [0.15, 0.2) is 24.4 Å². The maximum Gasteiger partial charge on any atom is 0.250 e. The van der Waals surface area contributed by atoms with Crippen LogP contribution in [0.5, 0.6) is 0 Å². The Morgan fingerprint density at radius 2 is 2.25 bits per heavy atom. The lowest BCUT2D eigenvalue weighted by molar-refractivity contribution is -0.121. The predicted molar refractivity (Wildman–Crippen MR) is 90.2 cm³/mol. The Bertz CT molecular complexity index is 834. The SMILES string of the molecule is Cc1[nH]ncc1-c1cccc2c1CCN2C(=O)[C@@H]1CCCN1C#N. The van der Waals surface area contributed by atoms with Gasteiger partial charge in [0.1, 0.15) is 6.04 Å². The highest BCUT2D eigenvalue weighted by molar-refractivity contribution is 6.00. The number of rotatable bonds is 2. The molecule has 0 aliphatic carbocycles. The Morgan fingerprint density at radius 1 is 1.38 bits per heavy atom. The van der Waals surface area contributed by atoms with E-state index in [0.717, 1.165) is 41.8 Å². The van der Waals surface area contributed by atoms with Crippen LogP contribution in [0.1, 0.15) is 24.1 Å². The van der Waals surface area contributed by atoms with Crippen molar-refractivity contribution in [3.8, 4) is 17.3 Å². The zero-order valence-electron chi connectivity index (χ0n) is 13.6. The number of anilines is 1. The van der Waals surface area contributed by atoms with Gasteiger partial charge in [0.2, 0.25) is 5.91 Å². The number of hydrogen-bond donors (Lipinski definition) is 1. The lowest BCUT2D eigenvalue weighted by Gasteiger charge is -2.25. The van der Waals surface area contributed by atoms with E-state index in [1.807, 2.05) is 30.2 Å². The van der Waals surface area contributed by atoms with Gasteiger partial charge in [-0.25, -0.2) is 0 Å². The van der Waals surface area contributed by atoms with E-state index in [2.05, 4.69) is 22.5 Å². The minimum Gasteiger partial charge on any atom is -0.310 e. The van der Waals surface area contributed by atoms with E-state index in [1.54, 1.807) is 4.90 Å². The molecule has 1 N–H and O–H groups in total. The molecule has 0 saturated carbocycles. The lowest BCUT2D eigenvalue weighted by Crippen LogP contribution is -2.43. The van der Waals surface area contributed by atoms with Gasteiger partial charge < -0.3 is 4.90 Å². The van der Waals surface area contributed by atoms with Crippen molar-refractivity contribution in [1.29, 1.82) is 5.26 Å². The van der Waals surface area contributed by atoms with E-state index in [1.165, 1.54) is 5.56 Å². The Hall–Kier alpha value is -2.81. The molecule has 4 rings (SSSR count). The normalized spacial score (nSPS) is 19.4. The summed E-state index contributed by atoms with van der Waals surface area (Å²) in [4.78, 5) is 16.4. The molecule has 0 spiro atoms. The van der Waals surface area contributed by atoms with E-state index in [0.29, 0.717) is 13.1 Å². The van der Waals surface area contributed by atoms with E-state index >= 15 is 0 Å². The smallest absolute Gasteiger partial charge is 0.250 e. The molecule has 1 atom stereocenters. The molecule has 2 aliphatic heterocycles. The molecular formula is C18H19N5O. The molecule has 2 aliphatic rings. The number of likely N-dealkylation sites (tertiary alicyclic amines) is 1. The number of benzene rings is 1. The maximum absolute atomic E-state index is 13.0. The first-order valence-corrected chi connectivity index (χ1v) is 8.30. The Labute approximate surface area is 140 Å². The average molecular weight is 321 g/mol. The van der Waals surface area contributed by atoms with Gasteiger partial charge in [-0.2, -0.15) is 10.4 Å². The second-order valence-electron chi connectivity index (χ2n) is 6.40. The van der Waals surface area contributed by atoms with Gasteiger partial charge in [-0.15, -0.1) is 0 Å². The fourth-order valence-electron chi connectivity index (χ4n) is 3.86. The summed E-state index contributed by atoms with van der Waals surface area (Å²) in [7, 11) is 0. The van der Waals surface area contributed by atoms with Crippen LogP contribution in [0.25, 0.3) is 11.1 Å². The van der Waals surface area contributed by atoms with Crippen molar-refractivity contribution in [2.45, 2.75) is 32.2 Å². The third kappa shape index (κ3) is 2.16. The molecule has 0 unspecified atom stereocenters. The third-order valence-corrected chi connectivity index (χ3v) is 5.08. The van der Waals surface area contributed by atoms with Gasteiger partial charge in [0.05, 0.1) is 6.20 Å². The summed E-state index contributed by atoms with van der Waals surface area (Å²) >= 11 is 0. The molecule has 1 fully saturated rings. The molecule has 0 radical (unpaired) electrons.